The number of nitrogens with one attached hydrogen (secondary N) is 5. The van der Waals surface area contributed by atoms with E-state index < -0.39 is 35.4 Å². The molecule has 70 heavy (non-hydrogen) atoms. The van der Waals surface area contributed by atoms with E-state index in [1.807, 2.05) is 54.6 Å². The van der Waals surface area contributed by atoms with E-state index in [4.69, 9.17) is 4.74 Å². The lowest BCUT2D eigenvalue weighted by molar-refractivity contribution is -0.138. The molecular weight excluding hydrogens is 915 g/mol. The van der Waals surface area contributed by atoms with Gasteiger partial charge in [0.25, 0.3) is 23.6 Å². The van der Waals surface area contributed by atoms with Crippen molar-refractivity contribution in [2.75, 3.05) is 33.6 Å². The van der Waals surface area contributed by atoms with Gasteiger partial charge < -0.3 is 49.4 Å². The maximum atomic E-state index is 13.4. The van der Waals surface area contributed by atoms with E-state index in [1.165, 1.54) is 18.2 Å². The molecule has 0 aliphatic carbocycles. The highest BCUT2D eigenvalue weighted by Crippen LogP contribution is 2.25. The summed E-state index contributed by atoms with van der Waals surface area (Å²) < 4.78 is 11.5. The van der Waals surface area contributed by atoms with Gasteiger partial charge >= 0.3 is 12.1 Å². The first-order chi connectivity index (χ1) is 33.3. The van der Waals surface area contributed by atoms with Crippen LogP contribution in [-0.4, -0.2) is 77.0 Å². The quantitative estimate of drug-likeness (QED) is 0.0297. The lowest BCUT2D eigenvalue weighted by Crippen LogP contribution is -2.27. The van der Waals surface area contributed by atoms with Crippen LogP contribution < -0.4 is 26.6 Å². The number of amides is 5. The minimum Gasteiger partial charge on any atom is -0.481 e. The van der Waals surface area contributed by atoms with Crippen LogP contribution in [0.1, 0.15) is 94.0 Å². The summed E-state index contributed by atoms with van der Waals surface area (Å²) in [4.78, 5) is 77.0. The molecule has 0 spiro atoms. The molecule has 0 bridgehead atoms. The summed E-state index contributed by atoms with van der Waals surface area (Å²) >= 11 is 1.74. The van der Waals surface area contributed by atoms with Gasteiger partial charge in [0, 0.05) is 71.7 Å². The van der Waals surface area contributed by atoms with Crippen molar-refractivity contribution in [3.63, 3.8) is 0 Å². The number of azo groups is 1. The largest absolute Gasteiger partial charge is 0.481 e. The van der Waals surface area contributed by atoms with Crippen molar-refractivity contribution in [3.8, 4) is 0 Å². The lowest BCUT2D eigenvalue weighted by Gasteiger charge is -2.19. The van der Waals surface area contributed by atoms with E-state index in [0.717, 1.165) is 34.9 Å². The van der Waals surface area contributed by atoms with Gasteiger partial charge in [-0.15, -0.1) is 0 Å². The van der Waals surface area contributed by atoms with Gasteiger partial charge in [0.05, 0.1) is 34.1 Å². The van der Waals surface area contributed by atoms with E-state index in [0.29, 0.717) is 47.8 Å². The molecule has 1 unspecified atom stereocenters. The number of hydrogen-bond donors (Lipinski definition) is 6. The molecule has 6 rings (SSSR count). The van der Waals surface area contributed by atoms with Crippen molar-refractivity contribution >= 4 is 81.6 Å². The fraction of sp³-hybridized carbons (Fsp3) is 0.320. The zero-order valence-electron chi connectivity index (χ0n) is 40.2. The molecule has 19 nitrogen and oxygen atoms in total. The third kappa shape index (κ3) is 15.1. The molecule has 0 saturated carbocycles. The topological polar surface area (TPSA) is 236 Å². The standard InChI is InChI=1S/C50H59N11O8S/c1-50(2,3)69-49(68)55-39-26-43(61(7)30-39)48(67)54-38-25-42(60(6)29-38)47(66)53-37-24-41(59(5)28-37)46(65)52-36-23-40(58(4)27-36)45(64)51-20-11-12-32(22-44(62)63)19-21-70-31-33-15-17-35(18-16-33)57-56-34-13-9-8-10-14-34/h8-10,13-18,23-30,32H,11-12,19-22,31H2,1-7H3,(H,51,64)(H,52,65)(H,53,66)(H,54,67)(H,55,68)(H,62,63). The lowest BCUT2D eigenvalue weighted by atomic mass is 9.96. The van der Waals surface area contributed by atoms with Gasteiger partial charge in [-0.25, -0.2) is 4.79 Å². The summed E-state index contributed by atoms with van der Waals surface area (Å²) in [6, 6.07) is 23.5. The fourth-order valence-electron chi connectivity index (χ4n) is 7.43. The van der Waals surface area contributed by atoms with Gasteiger partial charge in [-0.3, -0.25) is 29.3 Å². The molecule has 6 N–H and O–H groups in total. The van der Waals surface area contributed by atoms with Crippen LogP contribution in [0.15, 0.2) is 114 Å². The van der Waals surface area contributed by atoms with Gasteiger partial charge in [0.15, 0.2) is 0 Å². The molecular formula is C50H59N11O8S. The van der Waals surface area contributed by atoms with Crippen LogP contribution in [0.3, 0.4) is 0 Å². The molecule has 0 saturated heterocycles. The summed E-state index contributed by atoms with van der Waals surface area (Å²) in [6.07, 6.45) is 7.74. The van der Waals surface area contributed by atoms with Crippen molar-refractivity contribution in [1.29, 1.82) is 0 Å². The average molecular weight is 974 g/mol. The van der Waals surface area contributed by atoms with Crippen LogP contribution in [0.4, 0.5) is 38.9 Å². The van der Waals surface area contributed by atoms with E-state index in [2.05, 4.69) is 36.8 Å². The third-order valence-corrected chi connectivity index (χ3v) is 11.9. The van der Waals surface area contributed by atoms with E-state index in [9.17, 15) is 33.9 Å². The SMILES string of the molecule is Cn1cc(NC(=O)c2cc(NC(=O)c3cc(NC(=O)c4cc(NC(=O)OC(C)(C)C)cn4C)cn3C)cn2C)cc1C(=O)NCCCC(CCSCc1ccc(N=Nc2ccccc2)cc1)CC(=O)O. The van der Waals surface area contributed by atoms with Crippen LogP contribution in [0.5, 0.6) is 0 Å². The van der Waals surface area contributed by atoms with E-state index in [-0.39, 0.29) is 35.3 Å². The smallest absolute Gasteiger partial charge is 0.412 e. The van der Waals surface area contributed by atoms with Crippen LogP contribution >= 0.6 is 11.8 Å². The Balaban J connectivity index is 0.935. The number of benzene rings is 2. The summed E-state index contributed by atoms with van der Waals surface area (Å²) in [6.45, 7) is 5.59. The number of carbonyl (C=O) groups is 6. The first kappa shape index (κ1) is 51.5. The van der Waals surface area contributed by atoms with Crippen LogP contribution in [-0.2, 0) is 43.5 Å². The van der Waals surface area contributed by atoms with Gasteiger partial charge in [0.2, 0.25) is 0 Å². The number of carbonyl (C=O) groups excluding carboxylic acids is 5. The predicted molar refractivity (Wildman–Crippen MR) is 271 cm³/mol. The number of thioether (sulfide) groups is 1. The maximum Gasteiger partial charge on any atom is 0.412 e. The molecule has 5 amide bonds. The number of aliphatic carboxylic acids is 1. The maximum absolute atomic E-state index is 13.4. The number of carboxylic acid groups (broad SMARTS) is 1. The van der Waals surface area contributed by atoms with Gasteiger partial charge in [0.1, 0.15) is 28.4 Å². The Bertz CT molecular complexity index is 2850. The van der Waals surface area contributed by atoms with Crippen LogP contribution in [0.25, 0.3) is 0 Å². The number of aromatic nitrogens is 4. The van der Waals surface area contributed by atoms with E-state index in [1.54, 1.807) is 110 Å². The predicted octanol–water partition coefficient (Wildman–Crippen LogP) is 9.48. The Kier molecular flexibility index (Phi) is 17.2. The Morgan fingerprint density at radius 2 is 1.06 bits per heavy atom. The second kappa shape index (κ2) is 23.4. The zero-order chi connectivity index (χ0) is 50.5. The Labute approximate surface area is 410 Å². The number of hydrogen-bond acceptors (Lipinski definition) is 10. The molecule has 0 aliphatic rings. The van der Waals surface area contributed by atoms with Gasteiger partial charge in [-0.2, -0.15) is 22.0 Å². The molecule has 4 aromatic heterocycles. The van der Waals surface area contributed by atoms with Gasteiger partial charge in [-0.05, 0) is 106 Å². The molecule has 6 aromatic rings. The second-order valence-corrected chi connectivity index (χ2v) is 18.9. The summed E-state index contributed by atoms with van der Waals surface area (Å²) in [5.74, 6) is -1.08. The molecule has 1 atom stereocenters. The molecule has 0 aliphatic heterocycles. The highest BCUT2D eigenvalue weighted by molar-refractivity contribution is 7.98. The Morgan fingerprint density at radius 1 is 0.614 bits per heavy atom. The highest BCUT2D eigenvalue weighted by atomic mass is 32.2. The molecule has 0 fully saturated rings. The normalized spacial score (nSPS) is 11.8. The third-order valence-electron chi connectivity index (χ3n) is 10.8. The number of anilines is 4. The summed E-state index contributed by atoms with van der Waals surface area (Å²) in [7, 11) is 6.66. The van der Waals surface area contributed by atoms with Crippen LogP contribution in [0.2, 0.25) is 0 Å². The summed E-state index contributed by atoms with van der Waals surface area (Å²) in [5, 5.41) is 32.0. The van der Waals surface area contributed by atoms with Crippen molar-refractivity contribution in [2.45, 2.75) is 57.8 Å². The van der Waals surface area contributed by atoms with Crippen molar-refractivity contribution in [1.82, 2.24) is 23.6 Å². The number of rotatable bonds is 21. The molecule has 368 valence electrons. The number of ether oxygens (including phenoxy) is 1. The number of aryl methyl sites for hydroxylation is 4. The summed E-state index contributed by atoms with van der Waals surface area (Å²) in [5.41, 5.74) is 4.50. The molecule has 0 radical (unpaired) electrons. The van der Waals surface area contributed by atoms with Crippen LogP contribution in [0, 0.1) is 5.92 Å². The van der Waals surface area contributed by atoms with Crippen molar-refractivity contribution in [3.05, 3.63) is 132 Å². The Morgan fingerprint density at radius 3 is 1.51 bits per heavy atom. The first-order valence-electron chi connectivity index (χ1n) is 22.5. The second-order valence-electron chi connectivity index (χ2n) is 17.8. The molecule has 4 heterocycles. The monoisotopic (exact) mass is 973 g/mol. The van der Waals surface area contributed by atoms with E-state index >= 15 is 0 Å². The Hall–Kier alpha value is -7.87. The molecule has 20 heteroatoms. The number of nitrogens with zero attached hydrogens (tertiary/aromatic N) is 6. The number of carboxylic acids is 1. The molecule has 2 aromatic carbocycles. The minimum atomic E-state index is -0.850. The van der Waals surface area contributed by atoms with Gasteiger partial charge in [-0.1, -0.05) is 30.3 Å². The fourth-order valence-corrected chi connectivity index (χ4v) is 8.50. The van der Waals surface area contributed by atoms with Crippen molar-refractivity contribution < 1.29 is 38.6 Å². The minimum absolute atomic E-state index is 0.0368. The average Bonchev–Trinajstić information content (AvgIpc) is 4.06. The first-order valence-corrected chi connectivity index (χ1v) is 23.7. The zero-order valence-corrected chi connectivity index (χ0v) is 41.1. The highest BCUT2D eigenvalue weighted by Gasteiger charge is 2.22. The van der Waals surface area contributed by atoms with Crippen molar-refractivity contribution in [2.24, 2.45) is 44.3 Å².